The molecule has 0 aromatic carbocycles. The molecule has 0 fully saturated rings. The first-order valence-corrected chi connectivity index (χ1v) is 7.28. The van der Waals surface area contributed by atoms with E-state index in [1.165, 1.54) is 57.8 Å². The number of aliphatic hydroxyl groups is 1. The summed E-state index contributed by atoms with van der Waals surface area (Å²) in [4.78, 5) is 10.2. The van der Waals surface area contributed by atoms with Crippen molar-refractivity contribution < 1.29 is 5.11 Å². The third-order valence-electron chi connectivity index (χ3n) is 3.25. The predicted molar refractivity (Wildman–Crippen MR) is 73.1 cm³/mol. The molecule has 3 heteroatoms. The molecule has 0 aliphatic heterocycles. The third kappa shape index (κ3) is 11.8. The van der Waals surface area contributed by atoms with Gasteiger partial charge in [0, 0.05) is 0 Å². The lowest BCUT2D eigenvalue weighted by Crippen LogP contribution is -2.08. The van der Waals surface area contributed by atoms with E-state index in [1.807, 2.05) is 0 Å². The average molecular weight is 243 g/mol. The van der Waals surface area contributed by atoms with Gasteiger partial charge in [-0.15, -0.1) is 0 Å². The van der Waals surface area contributed by atoms with E-state index in [-0.39, 0.29) is 12.6 Å². The molecular weight excluding hydrogens is 214 g/mol. The topological polar surface area (TPSA) is 49.7 Å². The van der Waals surface area contributed by atoms with Gasteiger partial charge < -0.3 is 5.11 Å². The van der Waals surface area contributed by atoms with Crippen molar-refractivity contribution >= 4 is 0 Å². The summed E-state index contributed by atoms with van der Waals surface area (Å²) in [6.07, 6.45) is 13.7. The minimum atomic E-state index is -0.371. The Morgan fingerprint density at radius 3 is 1.76 bits per heavy atom. The minimum Gasteiger partial charge on any atom is -0.394 e. The van der Waals surface area contributed by atoms with Crippen molar-refractivity contribution in [3.63, 3.8) is 0 Å². The summed E-state index contributed by atoms with van der Waals surface area (Å²) < 4.78 is 0. The molecule has 0 aromatic heterocycles. The van der Waals surface area contributed by atoms with E-state index < -0.39 is 0 Å². The predicted octanol–water partition coefficient (Wildman–Crippen LogP) is 4.42. The molecule has 102 valence electrons. The minimum absolute atomic E-state index is 0.0963. The van der Waals surface area contributed by atoms with Crippen molar-refractivity contribution in [2.45, 2.75) is 83.6 Å². The Morgan fingerprint density at radius 1 is 0.882 bits per heavy atom. The first kappa shape index (κ1) is 16.6. The fourth-order valence-corrected chi connectivity index (χ4v) is 2.04. The average Bonchev–Trinajstić information content (AvgIpc) is 2.36. The maximum atomic E-state index is 10.2. The molecule has 0 amide bonds. The Balaban J connectivity index is 3.05. The van der Waals surface area contributed by atoms with Crippen LogP contribution < -0.4 is 0 Å². The van der Waals surface area contributed by atoms with Crippen molar-refractivity contribution in [1.29, 1.82) is 0 Å². The zero-order valence-electron chi connectivity index (χ0n) is 11.4. The van der Waals surface area contributed by atoms with E-state index in [1.54, 1.807) is 0 Å². The summed E-state index contributed by atoms with van der Waals surface area (Å²) >= 11 is 0. The molecule has 0 heterocycles. The number of nitroso groups, excluding NO2 is 1. The van der Waals surface area contributed by atoms with Gasteiger partial charge in [0.25, 0.3) is 0 Å². The van der Waals surface area contributed by atoms with Gasteiger partial charge in [0.05, 0.1) is 6.61 Å². The Bertz CT molecular complexity index is 162. The number of hydrogen-bond donors (Lipinski definition) is 1. The molecule has 0 spiro atoms. The third-order valence-corrected chi connectivity index (χ3v) is 3.25. The van der Waals surface area contributed by atoms with Crippen LogP contribution in [0.15, 0.2) is 5.18 Å². The SMILES string of the molecule is CCCCCCCCCCCCC(CO)N=O. The second-order valence-corrected chi connectivity index (χ2v) is 4.91. The van der Waals surface area contributed by atoms with Gasteiger partial charge >= 0.3 is 0 Å². The zero-order chi connectivity index (χ0) is 12.8. The highest BCUT2D eigenvalue weighted by Gasteiger charge is 2.05. The molecule has 0 bridgehead atoms. The molecule has 3 nitrogen and oxygen atoms in total. The van der Waals surface area contributed by atoms with E-state index in [0.717, 1.165) is 12.8 Å². The number of nitrogens with zero attached hydrogens (tertiary/aromatic N) is 1. The van der Waals surface area contributed by atoms with Gasteiger partial charge in [-0.25, -0.2) is 0 Å². The number of unbranched alkanes of at least 4 members (excludes halogenated alkanes) is 9. The summed E-state index contributed by atoms with van der Waals surface area (Å²) in [7, 11) is 0. The van der Waals surface area contributed by atoms with Gasteiger partial charge in [-0.2, -0.15) is 4.91 Å². The van der Waals surface area contributed by atoms with Gasteiger partial charge in [0.2, 0.25) is 0 Å². The lowest BCUT2D eigenvalue weighted by Gasteiger charge is -2.05. The molecule has 0 saturated carbocycles. The molecule has 0 aromatic rings. The largest absolute Gasteiger partial charge is 0.394 e. The Labute approximate surface area is 106 Å². The van der Waals surface area contributed by atoms with E-state index in [0.29, 0.717) is 0 Å². The van der Waals surface area contributed by atoms with Gasteiger partial charge in [-0.05, 0) is 6.42 Å². The van der Waals surface area contributed by atoms with E-state index >= 15 is 0 Å². The molecule has 0 saturated heterocycles. The number of hydrogen-bond acceptors (Lipinski definition) is 3. The summed E-state index contributed by atoms with van der Waals surface area (Å²) in [6, 6.07) is -0.371. The van der Waals surface area contributed by atoms with Crippen LogP contribution in [0.1, 0.15) is 77.6 Å². The van der Waals surface area contributed by atoms with Crippen LogP contribution in [-0.2, 0) is 0 Å². The van der Waals surface area contributed by atoms with E-state index in [4.69, 9.17) is 5.11 Å². The van der Waals surface area contributed by atoms with Gasteiger partial charge in [-0.1, -0.05) is 76.3 Å². The van der Waals surface area contributed by atoms with Crippen LogP contribution in [0.3, 0.4) is 0 Å². The number of rotatable bonds is 13. The molecule has 0 aliphatic rings. The van der Waals surface area contributed by atoms with Crippen molar-refractivity contribution in [2.24, 2.45) is 5.18 Å². The van der Waals surface area contributed by atoms with Crippen molar-refractivity contribution in [1.82, 2.24) is 0 Å². The lowest BCUT2D eigenvalue weighted by atomic mass is 10.0. The van der Waals surface area contributed by atoms with E-state index in [9.17, 15) is 4.91 Å². The second-order valence-electron chi connectivity index (χ2n) is 4.91. The van der Waals surface area contributed by atoms with Crippen LogP contribution in [0.5, 0.6) is 0 Å². The van der Waals surface area contributed by atoms with Gasteiger partial charge in [-0.3, -0.25) is 0 Å². The highest BCUT2D eigenvalue weighted by atomic mass is 16.3. The standard InChI is InChI=1S/C14H29NO2/c1-2-3-4-5-6-7-8-9-10-11-12-14(13-16)15-17/h14,16H,2-13H2,1H3. The summed E-state index contributed by atoms with van der Waals surface area (Å²) in [6.45, 7) is 2.15. The normalized spacial score (nSPS) is 12.6. The zero-order valence-corrected chi connectivity index (χ0v) is 11.4. The van der Waals surface area contributed by atoms with Crippen LogP contribution in [0.25, 0.3) is 0 Å². The fourth-order valence-electron chi connectivity index (χ4n) is 2.04. The number of aliphatic hydroxyl groups excluding tert-OH is 1. The highest BCUT2D eigenvalue weighted by Crippen LogP contribution is 2.12. The molecule has 0 radical (unpaired) electrons. The molecule has 0 rings (SSSR count). The molecule has 17 heavy (non-hydrogen) atoms. The Hall–Kier alpha value is -0.440. The molecular formula is C14H29NO2. The summed E-state index contributed by atoms with van der Waals surface area (Å²) in [5, 5.41) is 11.7. The van der Waals surface area contributed by atoms with Crippen molar-refractivity contribution in [2.75, 3.05) is 6.61 Å². The highest BCUT2D eigenvalue weighted by molar-refractivity contribution is 4.63. The van der Waals surface area contributed by atoms with Gasteiger partial charge in [0.15, 0.2) is 0 Å². The monoisotopic (exact) mass is 243 g/mol. The Kier molecular flexibility index (Phi) is 13.3. The van der Waals surface area contributed by atoms with Gasteiger partial charge in [0.1, 0.15) is 6.04 Å². The quantitative estimate of drug-likeness (QED) is 0.384. The first-order chi connectivity index (χ1) is 8.35. The molecule has 1 unspecified atom stereocenters. The maximum Gasteiger partial charge on any atom is 0.115 e. The van der Waals surface area contributed by atoms with Crippen LogP contribution in [0, 0.1) is 4.91 Å². The van der Waals surface area contributed by atoms with Crippen LogP contribution in [0.2, 0.25) is 0 Å². The Morgan fingerprint density at radius 2 is 1.35 bits per heavy atom. The maximum absolute atomic E-state index is 10.2. The molecule has 1 atom stereocenters. The van der Waals surface area contributed by atoms with Crippen LogP contribution >= 0.6 is 0 Å². The second kappa shape index (κ2) is 13.6. The lowest BCUT2D eigenvalue weighted by molar-refractivity contribution is 0.257. The fraction of sp³-hybridized carbons (Fsp3) is 1.00. The molecule has 1 N–H and O–H groups in total. The summed E-state index contributed by atoms with van der Waals surface area (Å²) in [5.74, 6) is 0. The van der Waals surface area contributed by atoms with Crippen LogP contribution in [0.4, 0.5) is 0 Å². The van der Waals surface area contributed by atoms with Crippen molar-refractivity contribution in [3.05, 3.63) is 4.91 Å². The van der Waals surface area contributed by atoms with Crippen molar-refractivity contribution in [3.8, 4) is 0 Å². The molecule has 0 aliphatic carbocycles. The van der Waals surface area contributed by atoms with Crippen LogP contribution in [-0.4, -0.2) is 17.8 Å². The summed E-state index contributed by atoms with van der Waals surface area (Å²) in [5.41, 5.74) is 0. The smallest absolute Gasteiger partial charge is 0.115 e. The first-order valence-electron chi connectivity index (χ1n) is 7.28. The van der Waals surface area contributed by atoms with E-state index in [2.05, 4.69) is 12.1 Å².